The van der Waals surface area contributed by atoms with Gasteiger partial charge in [0.1, 0.15) is 54.9 Å². The SMILES string of the molecule is CC/C=C\C/C=C\C/C=C\C/C=C\C/C=C\CCCCCCCCOCC(COC1OC(COC2OC(CO)C(O)C(O)C2O)C(O)C(O)C1O)OC(=O)CCCCCCCCCCCCCCC. The number of ether oxygens (including phenoxy) is 6. The summed E-state index contributed by atoms with van der Waals surface area (Å²) in [4.78, 5) is 13.0. The van der Waals surface area contributed by atoms with E-state index in [4.69, 9.17) is 28.4 Å². The molecule has 7 N–H and O–H groups in total. The number of rotatable bonds is 42. The van der Waals surface area contributed by atoms with Gasteiger partial charge in [-0.25, -0.2) is 0 Å². The van der Waals surface area contributed by atoms with E-state index in [0.29, 0.717) is 13.0 Å². The van der Waals surface area contributed by atoms with Gasteiger partial charge in [-0.1, -0.05) is 177 Å². The van der Waals surface area contributed by atoms with Crippen LogP contribution in [0.25, 0.3) is 0 Å². The van der Waals surface area contributed by atoms with Gasteiger partial charge in [-0.2, -0.15) is 0 Å². The number of carbonyl (C=O) groups excluding carboxylic acids is 1. The molecule has 0 spiro atoms. The van der Waals surface area contributed by atoms with Crippen molar-refractivity contribution in [2.24, 2.45) is 0 Å². The minimum atomic E-state index is -1.71. The Morgan fingerprint density at radius 3 is 1.48 bits per heavy atom. The van der Waals surface area contributed by atoms with E-state index >= 15 is 0 Å². The molecule has 0 amide bonds. The van der Waals surface area contributed by atoms with Crippen molar-refractivity contribution in [2.75, 3.05) is 33.0 Å². The minimum Gasteiger partial charge on any atom is -0.457 e. The molecule has 14 nitrogen and oxygen atoms in total. The van der Waals surface area contributed by atoms with Crippen LogP contribution in [0.2, 0.25) is 0 Å². The first-order chi connectivity index (χ1) is 33.6. The lowest BCUT2D eigenvalue weighted by Crippen LogP contribution is -2.61. The molecular weight excluding hydrogens is 885 g/mol. The average Bonchev–Trinajstić information content (AvgIpc) is 3.35. The number of unbranched alkanes of at least 4 members (excludes halogenated alkanes) is 18. The van der Waals surface area contributed by atoms with Gasteiger partial charge in [-0.15, -0.1) is 0 Å². The topological polar surface area (TPSA) is 214 Å². The number of aliphatic hydroxyl groups is 7. The van der Waals surface area contributed by atoms with Gasteiger partial charge in [0.15, 0.2) is 12.6 Å². The second-order valence-corrected chi connectivity index (χ2v) is 18.7. The Morgan fingerprint density at radius 1 is 0.493 bits per heavy atom. The Balaban J connectivity index is 1.74. The molecule has 0 bridgehead atoms. The van der Waals surface area contributed by atoms with E-state index in [2.05, 4.69) is 74.6 Å². The second kappa shape index (κ2) is 42.2. The van der Waals surface area contributed by atoms with Gasteiger partial charge in [0, 0.05) is 13.0 Å². The number of aliphatic hydroxyl groups excluding tert-OH is 7. The Kier molecular flexibility index (Phi) is 38.4. The normalized spacial score (nSPS) is 26.2. The molecule has 0 aromatic carbocycles. The second-order valence-electron chi connectivity index (χ2n) is 18.7. The van der Waals surface area contributed by atoms with Crippen molar-refractivity contribution in [1.82, 2.24) is 0 Å². The van der Waals surface area contributed by atoms with Crippen LogP contribution in [0.1, 0.15) is 181 Å². The first kappa shape index (κ1) is 62.8. The maximum Gasteiger partial charge on any atom is 0.306 e. The van der Waals surface area contributed by atoms with Crippen molar-refractivity contribution in [3.8, 4) is 0 Å². The van der Waals surface area contributed by atoms with E-state index in [1.807, 2.05) is 0 Å². The predicted molar refractivity (Wildman–Crippen MR) is 270 cm³/mol. The van der Waals surface area contributed by atoms with E-state index in [0.717, 1.165) is 89.9 Å². The highest BCUT2D eigenvalue weighted by molar-refractivity contribution is 5.69. The Bertz CT molecular complexity index is 1370. The molecule has 11 atom stereocenters. The summed E-state index contributed by atoms with van der Waals surface area (Å²) in [5, 5.41) is 72.2. The summed E-state index contributed by atoms with van der Waals surface area (Å²) in [5.74, 6) is -0.383. The predicted octanol–water partition coefficient (Wildman–Crippen LogP) is 8.52. The van der Waals surface area contributed by atoms with Crippen molar-refractivity contribution in [3.63, 3.8) is 0 Å². The average molecular weight is 981 g/mol. The maximum atomic E-state index is 13.0. The summed E-state index contributed by atoms with van der Waals surface area (Å²) in [6.07, 6.45) is 34.2. The van der Waals surface area contributed by atoms with Crippen LogP contribution in [0.5, 0.6) is 0 Å². The Hall–Kier alpha value is -2.31. The zero-order valence-corrected chi connectivity index (χ0v) is 42.5. The first-order valence-corrected chi connectivity index (χ1v) is 26.9. The van der Waals surface area contributed by atoms with E-state index in [1.54, 1.807) is 0 Å². The van der Waals surface area contributed by atoms with Crippen molar-refractivity contribution < 1.29 is 69.0 Å². The number of esters is 1. The standard InChI is InChI=1S/C55H96O14/c1-3-5-7-9-11-13-15-17-18-19-20-21-22-23-24-25-27-29-31-33-35-37-39-64-41-44(67-47(57)38-36-34-32-30-28-26-16-14-12-10-8-6-4-2)42-65-54-53(63)51(61)49(59)46(69-54)43-66-55-52(62)50(60)48(58)45(40-56)68-55/h5,7,11,13,17-18,20-21,23-24,44-46,48-56,58-63H,3-4,6,8-10,12,14-16,19,22,25-43H2,1-2H3/b7-5-,13-11-,18-17-,21-20-,24-23-. The van der Waals surface area contributed by atoms with Crippen LogP contribution in [0.3, 0.4) is 0 Å². The van der Waals surface area contributed by atoms with Crippen LogP contribution in [-0.2, 0) is 33.2 Å². The highest BCUT2D eigenvalue weighted by Gasteiger charge is 2.47. The Labute approximate surface area is 415 Å². The molecule has 2 rings (SSSR count). The smallest absolute Gasteiger partial charge is 0.306 e. The van der Waals surface area contributed by atoms with Crippen molar-refractivity contribution in [2.45, 2.75) is 248 Å². The molecule has 2 heterocycles. The summed E-state index contributed by atoms with van der Waals surface area (Å²) >= 11 is 0. The molecule has 69 heavy (non-hydrogen) atoms. The molecule has 2 aliphatic heterocycles. The number of hydrogen-bond donors (Lipinski definition) is 7. The zero-order valence-electron chi connectivity index (χ0n) is 42.5. The lowest BCUT2D eigenvalue weighted by Gasteiger charge is -2.42. The summed E-state index contributed by atoms with van der Waals surface area (Å²) in [6.45, 7) is 3.53. The van der Waals surface area contributed by atoms with Crippen LogP contribution < -0.4 is 0 Å². The van der Waals surface area contributed by atoms with E-state index < -0.39 is 80.7 Å². The van der Waals surface area contributed by atoms with Crippen molar-refractivity contribution in [3.05, 3.63) is 60.8 Å². The fourth-order valence-corrected chi connectivity index (χ4v) is 8.19. The van der Waals surface area contributed by atoms with Gasteiger partial charge in [0.2, 0.25) is 0 Å². The third kappa shape index (κ3) is 29.7. The van der Waals surface area contributed by atoms with Crippen LogP contribution in [0.15, 0.2) is 60.8 Å². The quantitative estimate of drug-likeness (QED) is 0.0174. The minimum absolute atomic E-state index is 0.0508. The zero-order chi connectivity index (χ0) is 50.2. The molecular formula is C55H96O14. The summed E-state index contributed by atoms with van der Waals surface area (Å²) < 4.78 is 34.3. The highest BCUT2D eigenvalue weighted by Crippen LogP contribution is 2.26. The molecule has 0 aliphatic carbocycles. The molecule has 400 valence electrons. The fraction of sp³-hybridized carbons (Fsp3) is 0.800. The molecule has 14 heteroatoms. The highest BCUT2D eigenvalue weighted by atomic mass is 16.7. The van der Waals surface area contributed by atoms with Gasteiger partial charge in [-0.05, 0) is 57.8 Å². The first-order valence-electron chi connectivity index (χ1n) is 26.9. The summed E-state index contributed by atoms with van der Waals surface area (Å²) in [7, 11) is 0. The van der Waals surface area contributed by atoms with Gasteiger partial charge >= 0.3 is 5.97 Å². The van der Waals surface area contributed by atoms with E-state index in [1.165, 1.54) is 64.2 Å². The molecule has 2 aliphatic rings. The lowest BCUT2D eigenvalue weighted by molar-refractivity contribution is -0.332. The monoisotopic (exact) mass is 981 g/mol. The van der Waals surface area contributed by atoms with E-state index in [9.17, 15) is 40.5 Å². The Morgan fingerprint density at radius 2 is 0.942 bits per heavy atom. The molecule has 2 fully saturated rings. The van der Waals surface area contributed by atoms with Gasteiger partial charge in [-0.3, -0.25) is 4.79 Å². The molecule has 0 aromatic heterocycles. The number of hydrogen-bond acceptors (Lipinski definition) is 14. The van der Waals surface area contributed by atoms with Gasteiger partial charge in [0.25, 0.3) is 0 Å². The maximum absolute atomic E-state index is 13.0. The molecule has 0 saturated carbocycles. The lowest BCUT2D eigenvalue weighted by atomic mass is 9.98. The molecule has 0 radical (unpaired) electrons. The van der Waals surface area contributed by atoms with Crippen LogP contribution >= 0.6 is 0 Å². The third-order valence-electron chi connectivity index (χ3n) is 12.5. The van der Waals surface area contributed by atoms with Crippen molar-refractivity contribution >= 4 is 5.97 Å². The molecule has 2 saturated heterocycles. The van der Waals surface area contributed by atoms with Crippen molar-refractivity contribution in [1.29, 1.82) is 0 Å². The largest absolute Gasteiger partial charge is 0.457 e. The number of carbonyl (C=O) groups is 1. The molecule has 0 aromatic rings. The van der Waals surface area contributed by atoms with Crippen LogP contribution in [-0.4, -0.2) is 142 Å². The third-order valence-corrected chi connectivity index (χ3v) is 12.5. The van der Waals surface area contributed by atoms with Gasteiger partial charge < -0.3 is 64.2 Å². The summed E-state index contributed by atoms with van der Waals surface area (Å²) in [6, 6.07) is 0. The molecule has 11 unspecified atom stereocenters. The fourth-order valence-electron chi connectivity index (χ4n) is 8.19. The van der Waals surface area contributed by atoms with E-state index in [-0.39, 0.29) is 25.6 Å². The number of allylic oxidation sites excluding steroid dienone is 10. The van der Waals surface area contributed by atoms with Crippen LogP contribution in [0, 0.1) is 0 Å². The summed E-state index contributed by atoms with van der Waals surface area (Å²) in [5.41, 5.74) is 0. The van der Waals surface area contributed by atoms with Crippen LogP contribution in [0.4, 0.5) is 0 Å². The van der Waals surface area contributed by atoms with Gasteiger partial charge in [0.05, 0.1) is 26.4 Å².